The molecule has 3 aromatic carbocycles. The molecule has 3 rings (SSSR count). The minimum absolute atomic E-state index is 0.204. The number of hydrogen-bond donors (Lipinski definition) is 1. The molecule has 1 heteroatoms. The summed E-state index contributed by atoms with van der Waals surface area (Å²) in [4.78, 5) is 0. The third-order valence-corrected chi connectivity index (χ3v) is 5.17. The lowest BCUT2D eigenvalue weighted by molar-refractivity contribution is 0.413. The maximum absolute atomic E-state index is 3.80. The minimum atomic E-state index is 0.204. The normalized spacial score (nSPS) is 13.3. The summed E-state index contributed by atoms with van der Waals surface area (Å²) in [5.41, 5.74) is 4.32. The van der Waals surface area contributed by atoms with E-state index in [2.05, 4.69) is 107 Å². The van der Waals surface area contributed by atoms with Crippen molar-refractivity contribution in [1.82, 2.24) is 5.32 Å². The molecular weight excluding hydrogens is 314 g/mol. The number of nitrogens with one attached hydrogen (secondary N) is 1. The van der Waals surface area contributed by atoms with Crippen LogP contribution >= 0.6 is 0 Å². The Balaban J connectivity index is 1.81. The van der Waals surface area contributed by atoms with E-state index in [1.54, 1.807) is 0 Å². The van der Waals surface area contributed by atoms with Gasteiger partial charge < -0.3 is 5.32 Å². The fourth-order valence-electron chi connectivity index (χ4n) is 3.58. The fourth-order valence-corrected chi connectivity index (χ4v) is 3.58. The summed E-state index contributed by atoms with van der Waals surface area (Å²) in [7, 11) is 0. The summed E-state index contributed by atoms with van der Waals surface area (Å²) in [6.07, 6.45) is 0. The van der Waals surface area contributed by atoms with Crippen LogP contribution in [0.5, 0.6) is 0 Å². The molecule has 0 fully saturated rings. The summed E-state index contributed by atoms with van der Waals surface area (Å²) in [5, 5.41) is 6.47. The quantitative estimate of drug-likeness (QED) is 0.547. The highest BCUT2D eigenvalue weighted by molar-refractivity contribution is 5.86. The molecule has 0 aliphatic carbocycles. The molecule has 0 saturated heterocycles. The molecule has 0 radical (unpaired) electrons. The summed E-state index contributed by atoms with van der Waals surface area (Å²) < 4.78 is 0. The molecule has 0 aliphatic heterocycles. The van der Waals surface area contributed by atoms with E-state index >= 15 is 0 Å². The summed E-state index contributed by atoms with van der Waals surface area (Å²) in [5.74, 6) is 0.523. The Hall–Kier alpha value is -2.12. The molecule has 3 aromatic rings. The van der Waals surface area contributed by atoms with Gasteiger partial charge in [-0.3, -0.25) is 0 Å². The Kier molecular flexibility index (Phi) is 5.48. The van der Waals surface area contributed by atoms with Gasteiger partial charge in [-0.1, -0.05) is 101 Å². The molecule has 0 aromatic heterocycles. The third kappa shape index (κ3) is 4.16. The van der Waals surface area contributed by atoms with Crippen LogP contribution in [0.2, 0.25) is 0 Å². The van der Waals surface area contributed by atoms with E-state index in [1.165, 1.54) is 27.5 Å². The van der Waals surface area contributed by atoms with Crippen molar-refractivity contribution in [3.8, 4) is 0 Å². The van der Waals surface area contributed by atoms with Crippen LogP contribution < -0.4 is 5.32 Å². The van der Waals surface area contributed by atoms with Gasteiger partial charge in [-0.25, -0.2) is 0 Å². The summed E-state index contributed by atoms with van der Waals surface area (Å²) in [6.45, 7) is 12.3. The van der Waals surface area contributed by atoms with Crippen molar-refractivity contribution in [2.45, 2.75) is 52.6 Å². The van der Waals surface area contributed by atoms with E-state index in [0.717, 1.165) is 6.54 Å². The topological polar surface area (TPSA) is 12.0 Å². The second-order valence-corrected chi connectivity index (χ2v) is 8.62. The molecule has 0 spiro atoms. The maximum Gasteiger partial charge on any atom is 0.0352 e. The smallest absolute Gasteiger partial charge is 0.0352 e. The first kappa shape index (κ1) is 18.7. The van der Waals surface area contributed by atoms with Crippen molar-refractivity contribution in [3.05, 3.63) is 83.4 Å². The van der Waals surface area contributed by atoms with Gasteiger partial charge in [0.2, 0.25) is 0 Å². The molecule has 1 N–H and O–H groups in total. The van der Waals surface area contributed by atoms with Gasteiger partial charge in [0.25, 0.3) is 0 Å². The van der Waals surface area contributed by atoms with Gasteiger partial charge in [0, 0.05) is 12.6 Å². The largest absolute Gasteiger partial charge is 0.306 e. The molecule has 136 valence electrons. The number of benzene rings is 3. The van der Waals surface area contributed by atoms with Gasteiger partial charge in [0.15, 0.2) is 0 Å². The Bertz CT molecular complexity index is 848. The van der Waals surface area contributed by atoms with E-state index in [1.807, 2.05) is 0 Å². The first-order valence-electron chi connectivity index (χ1n) is 9.67. The van der Waals surface area contributed by atoms with Crippen LogP contribution in [0.15, 0.2) is 66.7 Å². The Morgan fingerprint density at radius 2 is 1.46 bits per heavy atom. The van der Waals surface area contributed by atoms with Crippen LogP contribution in [-0.2, 0) is 12.0 Å². The molecule has 1 nitrogen and oxygen atoms in total. The van der Waals surface area contributed by atoms with E-state index in [9.17, 15) is 0 Å². The monoisotopic (exact) mass is 345 g/mol. The van der Waals surface area contributed by atoms with E-state index in [4.69, 9.17) is 0 Å². The van der Waals surface area contributed by atoms with Crippen LogP contribution in [0.4, 0.5) is 0 Å². The van der Waals surface area contributed by atoms with E-state index in [0.29, 0.717) is 12.0 Å². The van der Waals surface area contributed by atoms with Crippen molar-refractivity contribution in [1.29, 1.82) is 0 Å². The molecule has 0 heterocycles. The zero-order valence-electron chi connectivity index (χ0n) is 16.7. The second-order valence-electron chi connectivity index (χ2n) is 8.62. The number of fused-ring (bicyclic) bond motifs is 1. The maximum atomic E-state index is 3.80. The highest BCUT2D eigenvalue weighted by atomic mass is 14.9. The summed E-state index contributed by atoms with van der Waals surface area (Å²) >= 11 is 0. The summed E-state index contributed by atoms with van der Waals surface area (Å²) in [6, 6.07) is 24.7. The molecule has 26 heavy (non-hydrogen) atoms. The predicted molar refractivity (Wildman–Crippen MR) is 114 cm³/mol. The predicted octanol–water partition coefficient (Wildman–Crippen LogP) is 6.62. The molecule has 0 bridgehead atoms. The van der Waals surface area contributed by atoms with Crippen molar-refractivity contribution < 1.29 is 0 Å². The van der Waals surface area contributed by atoms with Crippen LogP contribution in [-0.4, -0.2) is 0 Å². The highest BCUT2D eigenvalue weighted by Crippen LogP contribution is 2.29. The SMILES string of the molecule is CC(C)C(NCc1ccc(C(C)(C)C)cc1)c1cccc2ccccc12. The molecule has 1 atom stereocenters. The average molecular weight is 346 g/mol. The number of rotatable bonds is 5. The lowest BCUT2D eigenvalue weighted by Gasteiger charge is -2.25. The lowest BCUT2D eigenvalue weighted by atomic mass is 9.86. The van der Waals surface area contributed by atoms with Gasteiger partial charge in [0.1, 0.15) is 0 Å². The van der Waals surface area contributed by atoms with Crippen molar-refractivity contribution in [3.63, 3.8) is 0 Å². The van der Waals surface area contributed by atoms with Crippen LogP contribution in [0, 0.1) is 5.92 Å². The first-order valence-corrected chi connectivity index (χ1v) is 9.67. The van der Waals surface area contributed by atoms with Crippen LogP contribution in [0.1, 0.15) is 57.4 Å². The Morgan fingerprint density at radius 3 is 2.12 bits per heavy atom. The van der Waals surface area contributed by atoms with Crippen LogP contribution in [0.25, 0.3) is 10.8 Å². The zero-order valence-corrected chi connectivity index (χ0v) is 16.7. The molecule has 0 aliphatic rings. The Morgan fingerprint density at radius 1 is 0.808 bits per heavy atom. The standard InChI is InChI=1S/C25H31N/c1-18(2)24(23-12-8-10-20-9-6-7-11-22(20)23)26-17-19-13-15-21(16-14-19)25(3,4)5/h6-16,18,24,26H,17H2,1-5H3. The van der Waals surface area contributed by atoms with Gasteiger partial charge in [-0.2, -0.15) is 0 Å². The molecule has 1 unspecified atom stereocenters. The number of hydrogen-bond acceptors (Lipinski definition) is 1. The van der Waals surface area contributed by atoms with Crippen LogP contribution in [0.3, 0.4) is 0 Å². The first-order chi connectivity index (χ1) is 12.4. The highest BCUT2D eigenvalue weighted by Gasteiger charge is 2.18. The fraction of sp³-hybridized carbons (Fsp3) is 0.360. The lowest BCUT2D eigenvalue weighted by Crippen LogP contribution is -2.25. The van der Waals surface area contributed by atoms with E-state index in [-0.39, 0.29) is 5.41 Å². The van der Waals surface area contributed by atoms with E-state index < -0.39 is 0 Å². The Labute approximate surface area is 158 Å². The minimum Gasteiger partial charge on any atom is -0.306 e. The van der Waals surface area contributed by atoms with Gasteiger partial charge >= 0.3 is 0 Å². The second kappa shape index (κ2) is 7.63. The molecule has 0 saturated carbocycles. The molecule has 0 amide bonds. The average Bonchev–Trinajstić information content (AvgIpc) is 2.61. The van der Waals surface area contributed by atoms with Gasteiger partial charge in [-0.05, 0) is 38.8 Å². The van der Waals surface area contributed by atoms with Crippen molar-refractivity contribution in [2.75, 3.05) is 0 Å². The van der Waals surface area contributed by atoms with Crippen molar-refractivity contribution in [2.24, 2.45) is 5.92 Å². The van der Waals surface area contributed by atoms with Gasteiger partial charge in [0.05, 0.1) is 0 Å². The third-order valence-electron chi connectivity index (χ3n) is 5.17. The molecular formula is C25H31N. The zero-order chi connectivity index (χ0) is 18.7. The van der Waals surface area contributed by atoms with Gasteiger partial charge in [-0.15, -0.1) is 0 Å². The van der Waals surface area contributed by atoms with Crippen molar-refractivity contribution >= 4 is 10.8 Å².